The molecule has 0 aliphatic rings. The summed E-state index contributed by atoms with van der Waals surface area (Å²) in [6.45, 7) is 1.93. The van der Waals surface area contributed by atoms with Gasteiger partial charge in [-0.2, -0.15) is 0 Å². The van der Waals surface area contributed by atoms with Crippen molar-refractivity contribution in [3.8, 4) is 0 Å². The van der Waals surface area contributed by atoms with Crippen molar-refractivity contribution in [1.82, 2.24) is 14.7 Å². The van der Waals surface area contributed by atoms with E-state index in [0.717, 1.165) is 11.3 Å². The van der Waals surface area contributed by atoms with E-state index in [1.807, 2.05) is 35.0 Å². The van der Waals surface area contributed by atoms with E-state index in [1.165, 1.54) is 6.92 Å². The first-order chi connectivity index (χ1) is 11.6. The molecule has 3 aromatic rings. The molecule has 2 aromatic heterocycles. The predicted octanol–water partition coefficient (Wildman–Crippen LogP) is 2.27. The summed E-state index contributed by atoms with van der Waals surface area (Å²) in [7, 11) is 0. The van der Waals surface area contributed by atoms with Gasteiger partial charge in [-0.3, -0.25) is 9.59 Å². The van der Waals surface area contributed by atoms with Crippen molar-refractivity contribution < 1.29 is 9.59 Å². The van der Waals surface area contributed by atoms with Crippen molar-refractivity contribution in [2.75, 3.05) is 11.9 Å². The van der Waals surface area contributed by atoms with Gasteiger partial charge >= 0.3 is 0 Å². The van der Waals surface area contributed by atoms with Crippen molar-refractivity contribution in [1.29, 1.82) is 0 Å². The summed E-state index contributed by atoms with van der Waals surface area (Å²) < 4.78 is 1.95. The third-order valence-corrected chi connectivity index (χ3v) is 3.53. The highest BCUT2D eigenvalue weighted by molar-refractivity contribution is 5.96. The van der Waals surface area contributed by atoms with Crippen molar-refractivity contribution in [3.05, 3.63) is 66.1 Å². The molecule has 0 fully saturated rings. The van der Waals surface area contributed by atoms with Crippen LogP contribution in [0.1, 0.15) is 23.0 Å². The quantitative estimate of drug-likeness (QED) is 0.756. The van der Waals surface area contributed by atoms with Gasteiger partial charge in [-0.15, -0.1) is 0 Å². The maximum Gasteiger partial charge on any atom is 0.251 e. The summed E-state index contributed by atoms with van der Waals surface area (Å²) in [5.74, 6) is -0.342. The second-order valence-corrected chi connectivity index (χ2v) is 5.47. The van der Waals surface area contributed by atoms with Gasteiger partial charge in [-0.05, 0) is 30.3 Å². The number of hydrogen-bond acceptors (Lipinski definition) is 3. The van der Waals surface area contributed by atoms with Crippen LogP contribution in [0, 0.1) is 0 Å². The first-order valence-corrected chi connectivity index (χ1v) is 7.70. The van der Waals surface area contributed by atoms with Crippen molar-refractivity contribution in [2.24, 2.45) is 0 Å². The van der Waals surface area contributed by atoms with Gasteiger partial charge in [0.1, 0.15) is 5.65 Å². The molecule has 2 amide bonds. The highest BCUT2D eigenvalue weighted by Gasteiger charge is 2.07. The van der Waals surface area contributed by atoms with Crippen LogP contribution < -0.4 is 10.6 Å². The Morgan fingerprint density at radius 3 is 2.83 bits per heavy atom. The fourth-order valence-electron chi connectivity index (χ4n) is 2.46. The van der Waals surface area contributed by atoms with Crippen LogP contribution in [0.4, 0.5) is 5.69 Å². The van der Waals surface area contributed by atoms with Crippen LogP contribution in [0.5, 0.6) is 0 Å². The van der Waals surface area contributed by atoms with E-state index in [9.17, 15) is 9.59 Å². The molecule has 0 atom stereocenters. The minimum atomic E-state index is -0.175. The maximum absolute atomic E-state index is 12.2. The zero-order chi connectivity index (χ0) is 16.9. The number of anilines is 1. The normalized spacial score (nSPS) is 10.5. The fraction of sp³-hybridized carbons (Fsp3) is 0.167. The van der Waals surface area contributed by atoms with Crippen molar-refractivity contribution in [3.63, 3.8) is 0 Å². The molecular formula is C18H18N4O2. The first kappa shape index (κ1) is 15.7. The number of benzene rings is 1. The summed E-state index contributed by atoms with van der Waals surface area (Å²) in [5.41, 5.74) is 2.93. The SMILES string of the molecule is CC(=O)Nc1cccc(C(=O)NCCc2cn3ccccc3n2)c1. The number of pyridine rings is 1. The summed E-state index contributed by atoms with van der Waals surface area (Å²) in [6.07, 6.45) is 4.55. The van der Waals surface area contributed by atoms with Crippen LogP contribution in [0.25, 0.3) is 5.65 Å². The number of hydrogen-bond donors (Lipinski definition) is 2. The summed E-state index contributed by atoms with van der Waals surface area (Å²) in [5, 5.41) is 5.54. The largest absolute Gasteiger partial charge is 0.352 e. The lowest BCUT2D eigenvalue weighted by Gasteiger charge is -2.06. The minimum Gasteiger partial charge on any atom is -0.352 e. The molecule has 0 bridgehead atoms. The number of rotatable bonds is 5. The smallest absolute Gasteiger partial charge is 0.251 e. The van der Waals surface area contributed by atoms with Crippen LogP contribution in [-0.4, -0.2) is 27.7 Å². The number of aromatic nitrogens is 2. The van der Waals surface area contributed by atoms with E-state index in [0.29, 0.717) is 24.2 Å². The number of fused-ring (bicyclic) bond motifs is 1. The summed E-state index contributed by atoms with van der Waals surface area (Å²) >= 11 is 0. The lowest BCUT2D eigenvalue weighted by molar-refractivity contribution is -0.114. The fourth-order valence-corrected chi connectivity index (χ4v) is 2.46. The van der Waals surface area contributed by atoms with Gasteiger partial charge in [-0.25, -0.2) is 4.98 Å². The molecule has 122 valence electrons. The molecule has 6 nitrogen and oxygen atoms in total. The Hall–Kier alpha value is -3.15. The van der Waals surface area contributed by atoms with Crippen LogP contribution in [-0.2, 0) is 11.2 Å². The van der Waals surface area contributed by atoms with E-state index in [2.05, 4.69) is 15.6 Å². The number of amides is 2. The number of nitrogens with one attached hydrogen (secondary N) is 2. The molecule has 0 saturated heterocycles. The van der Waals surface area contributed by atoms with E-state index >= 15 is 0 Å². The van der Waals surface area contributed by atoms with Gasteiger partial charge < -0.3 is 15.0 Å². The number of carbonyl (C=O) groups excluding carboxylic acids is 2. The van der Waals surface area contributed by atoms with Gasteiger partial charge in [0.25, 0.3) is 5.91 Å². The molecule has 0 aliphatic heterocycles. The van der Waals surface area contributed by atoms with Crippen LogP contribution in [0.15, 0.2) is 54.9 Å². The standard InChI is InChI=1S/C18H18N4O2/c1-13(23)20-15-6-4-5-14(11-15)18(24)19-9-8-16-12-22-10-3-2-7-17(22)21-16/h2-7,10-12H,8-9H2,1H3,(H,19,24)(H,20,23). The molecular weight excluding hydrogens is 304 g/mol. The monoisotopic (exact) mass is 322 g/mol. The topological polar surface area (TPSA) is 75.5 Å². The second kappa shape index (κ2) is 6.95. The molecule has 0 aliphatic carbocycles. The second-order valence-electron chi connectivity index (χ2n) is 5.47. The Morgan fingerprint density at radius 1 is 1.17 bits per heavy atom. The van der Waals surface area contributed by atoms with Gasteiger partial charge in [0.2, 0.25) is 5.91 Å². The Morgan fingerprint density at radius 2 is 2.04 bits per heavy atom. The Balaban J connectivity index is 1.58. The molecule has 0 unspecified atom stereocenters. The average Bonchev–Trinajstić information content (AvgIpc) is 2.97. The van der Waals surface area contributed by atoms with Gasteiger partial charge in [0.05, 0.1) is 5.69 Å². The Labute approximate surface area is 139 Å². The van der Waals surface area contributed by atoms with Crippen LogP contribution >= 0.6 is 0 Å². The van der Waals surface area contributed by atoms with Gasteiger partial charge in [-0.1, -0.05) is 12.1 Å². The van der Waals surface area contributed by atoms with Crippen molar-refractivity contribution in [2.45, 2.75) is 13.3 Å². The van der Waals surface area contributed by atoms with Crippen LogP contribution in [0.3, 0.4) is 0 Å². The van der Waals surface area contributed by atoms with E-state index in [4.69, 9.17) is 0 Å². The molecule has 0 radical (unpaired) electrons. The Bertz CT molecular complexity index is 852. The number of carbonyl (C=O) groups is 2. The Kier molecular flexibility index (Phi) is 4.56. The molecule has 2 N–H and O–H groups in total. The highest BCUT2D eigenvalue weighted by Crippen LogP contribution is 2.10. The van der Waals surface area contributed by atoms with Gasteiger partial charge in [0.15, 0.2) is 0 Å². The molecule has 0 saturated carbocycles. The lowest BCUT2D eigenvalue weighted by Crippen LogP contribution is -2.25. The maximum atomic E-state index is 12.2. The van der Waals surface area contributed by atoms with E-state index in [1.54, 1.807) is 24.3 Å². The molecule has 6 heteroatoms. The summed E-state index contributed by atoms with van der Waals surface area (Å²) in [6, 6.07) is 12.7. The molecule has 24 heavy (non-hydrogen) atoms. The average molecular weight is 322 g/mol. The third kappa shape index (κ3) is 3.78. The number of nitrogens with zero attached hydrogens (tertiary/aromatic N) is 2. The molecule has 2 heterocycles. The minimum absolute atomic E-state index is 0.167. The highest BCUT2D eigenvalue weighted by atomic mass is 16.2. The lowest BCUT2D eigenvalue weighted by atomic mass is 10.2. The summed E-state index contributed by atoms with van der Waals surface area (Å²) in [4.78, 5) is 27.8. The zero-order valence-electron chi connectivity index (χ0n) is 13.3. The van der Waals surface area contributed by atoms with Crippen molar-refractivity contribution >= 4 is 23.1 Å². The molecule has 3 rings (SSSR count). The third-order valence-electron chi connectivity index (χ3n) is 3.53. The zero-order valence-corrected chi connectivity index (χ0v) is 13.3. The van der Waals surface area contributed by atoms with Gasteiger partial charge in [0, 0.05) is 43.5 Å². The first-order valence-electron chi connectivity index (χ1n) is 7.70. The van der Waals surface area contributed by atoms with Crippen LogP contribution in [0.2, 0.25) is 0 Å². The number of imidazole rings is 1. The van der Waals surface area contributed by atoms with E-state index < -0.39 is 0 Å². The molecule has 0 spiro atoms. The molecule has 1 aromatic carbocycles. The predicted molar refractivity (Wildman–Crippen MR) is 92.0 cm³/mol. The van der Waals surface area contributed by atoms with E-state index in [-0.39, 0.29) is 11.8 Å².